The maximum absolute atomic E-state index is 12.8. The van der Waals surface area contributed by atoms with E-state index < -0.39 is 27.6 Å². The Hall–Kier alpha value is -2.52. The number of carbonyl (C=O) groups is 3. The van der Waals surface area contributed by atoms with E-state index in [1.807, 2.05) is 26.8 Å². The molecule has 10 nitrogen and oxygen atoms in total. The minimum Gasteiger partial charge on any atom is -0.468 e. The molecule has 4 rings (SSSR count). The van der Waals surface area contributed by atoms with Gasteiger partial charge >= 0.3 is 12.1 Å². The summed E-state index contributed by atoms with van der Waals surface area (Å²) >= 11 is 4.04. The Balaban J connectivity index is 1.27. The lowest BCUT2D eigenvalue weighted by Gasteiger charge is -2.33. The van der Waals surface area contributed by atoms with E-state index in [4.69, 9.17) is 9.47 Å². The van der Waals surface area contributed by atoms with Gasteiger partial charge in [0.2, 0.25) is 0 Å². The van der Waals surface area contributed by atoms with E-state index in [9.17, 15) is 22.8 Å². The van der Waals surface area contributed by atoms with Crippen LogP contribution in [0.4, 0.5) is 4.79 Å². The van der Waals surface area contributed by atoms with Crippen molar-refractivity contribution >= 4 is 71.4 Å². The molecule has 4 heterocycles. The highest BCUT2D eigenvalue weighted by Gasteiger charge is 2.29. The summed E-state index contributed by atoms with van der Waals surface area (Å²) in [6.07, 6.45) is 3.66. The molecule has 0 spiro atoms. The molecule has 0 saturated carbocycles. The number of rotatable bonds is 10. The summed E-state index contributed by atoms with van der Waals surface area (Å²) in [5.74, 6) is -0.631. The molecular formula is C27H35N3O7S4. The molecule has 1 saturated heterocycles. The topological polar surface area (TPSA) is 131 Å². The number of nitrogens with one attached hydrogen (secondary N) is 2. The van der Waals surface area contributed by atoms with Crippen molar-refractivity contribution in [2.75, 3.05) is 26.7 Å². The zero-order valence-electron chi connectivity index (χ0n) is 23.4. The molecule has 1 atom stereocenters. The Morgan fingerprint density at radius 3 is 2.44 bits per heavy atom. The lowest BCUT2D eigenvalue weighted by Crippen LogP contribution is -2.48. The lowest BCUT2D eigenvalue weighted by molar-refractivity contribution is -0.142. The summed E-state index contributed by atoms with van der Waals surface area (Å²) in [6.45, 7) is 6.80. The average molecular weight is 642 g/mol. The Labute approximate surface area is 252 Å². The first kappa shape index (κ1) is 31.4. The molecule has 3 aromatic heterocycles. The summed E-state index contributed by atoms with van der Waals surface area (Å²) in [7, 11) is -2.77. The molecule has 14 heteroatoms. The summed E-state index contributed by atoms with van der Waals surface area (Å²) in [6, 6.07) is 5.70. The third-order valence-electron chi connectivity index (χ3n) is 6.56. The van der Waals surface area contributed by atoms with Crippen molar-refractivity contribution in [2.24, 2.45) is 5.92 Å². The van der Waals surface area contributed by atoms with Crippen LogP contribution in [0.1, 0.15) is 54.6 Å². The predicted molar refractivity (Wildman–Crippen MR) is 161 cm³/mol. The number of nitrogens with zero attached hydrogens (tertiary/aromatic N) is 1. The van der Waals surface area contributed by atoms with Crippen LogP contribution in [0.15, 0.2) is 33.9 Å². The Bertz CT molecular complexity index is 1430. The van der Waals surface area contributed by atoms with Crippen LogP contribution in [-0.4, -0.2) is 69.7 Å². The number of aryl methyl sites for hydroxylation is 1. The Morgan fingerprint density at radius 1 is 1.12 bits per heavy atom. The molecule has 0 unspecified atom stereocenters. The minimum absolute atomic E-state index is 0.0679. The maximum atomic E-state index is 12.8. The summed E-state index contributed by atoms with van der Waals surface area (Å²) in [4.78, 5) is 40.9. The molecule has 0 radical (unpaired) electrons. The van der Waals surface area contributed by atoms with Crippen molar-refractivity contribution in [3.8, 4) is 0 Å². The van der Waals surface area contributed by atoms with E-state index in [1.54, 1.807) is 27.7 Å². The fourth-order valence-electron chi connectivity index (χ4n) is 4.46. The summed E-state index contributed by atoms with van der Waals surface area (Å²) in [5.41, 5.74) is -0.490. The van der Waals surface area contributed by atoms with Crippen LogP contribution in [0.2, 0.25) is 0 Å². The van der Waals surface area contributed by atoms with Gasteiger partial charge in [-0.25, -0.2) is 13.2 Å². The van der Waals surface area contributed by atoms with Gasteiger partial charge in [-0.05, 0) is 76.0 Å². The van der Waals surface area contributed by atoms with E-state index in [0.29, 0.717) is 23.9 Å². The molecule has 41 heavy (non-hydrogen) atoms. The standard InChI is InChI=1S/C27H35N3O7S4/c1-27(2,3)37-26(33)30-11-9-17(10-12-30)7-8-18-14-20-21(39-18)15-22(40-20)24(31)28-16-19(25(32)36-4)29-41(34,35)23-6-5-13-38-23/h5-6,13-15,17,19,29H,7-12,16H2,1-4H3,(H,28,31)/t19-/m0/s1. The van der Waals surface area contributed by atoms with E-state index >= 15 is 0 Å². The molecule has 2 N–H and O–H groups in total. The van der Waals surface area contributed by atoms with Crippen LogP contribution < -0.4 is 10.0 Å². The van der Waals surface area contributed by atoms with Crippen LogP contribution in [0.5, 0.6) is 0 Å². The summed E-state index contributed by atoms with van der Waals surface area (Å²) in [5, 5.41) is 4.27. The van der Waals surface area contributed by atoms with Gasteiger partial charge in [-0.15, -0.1) is 34.0 Å². The predicted octanol–water partition coefficient (Wildman–Crippen LogP) is 4.85. The van der Waals surface area contributed by atoms with Gasteiger partial charge in [0.1, 0.15) is 15.9 Å². The van der Waals surface area contributed by atoms with Gasteiger partial charge in [0.05, 0.1) is 12.0 Å². The number of ether oxygens (including phenoxy) is 2. The maximum Gasteiger partial charge on any atom is 0.410 e. The lowest BCUT2D eigenvalue weighted by atomic mass is 9.92. The second-order valence-corrected chi connectivity index (χ2v) is 16.0. The largest absolute Gasteiger partial charge is 0.468 e. The van der Waals surface area contributed by atoms with E-state index in [0.717, 1.165) is 53.5 Å². The zero-order valence-corrected chi connectivity index (χ0v) is 26.7. The highest BCUT2D eigenvalue weighted by Crippen LogP contribution is 2.35. The number of esters is 1. The second-order valence-electron chi connectivity index (χ2n) is 10.8. The fourth-order valence-corrected chi connectivity index (χ4v) is 9.00. The van der Waals surface area contributed by atoms with Crippen molar-refractivity contribution in [1.29, 1.82) is 0 Å². The summed E-state index contributed by atoms with van der Waals surface area (Å²) < 4.78 is 39.7. The SMILES string of the molecule is COC(=O)[C@H](CNC(=O)c1cc2sc(CCC3CCN(C(=O)OC(C)(C)C)CC3)cc2s1)NS(=O)(=O)c1cccs1. The molecule has 0 bridgehead atoms. The van der Waals surface area contributed by atoms with Crippen LogP contribution in [0, 0.1) is 5.92 Å². The van der Waals surface area contributed by atoms with Crippen molar-refractivity contribution < 1.29 is 32.3 Å². The number of methoxy groups -OCH3 is 1. The fraction of sp³-hybridized carbons (Fsp3) is 0.519. The third-order valence-corrected chi connectivity index (χ3v) is 11.8. The van der Waals surface area contributed by atoms with Crippen molar-refractivity contribution in [3.63, 3.8) is 0 Å². The molecule has 0 aliphatic carbocycles. The van der Waals surface area contributed by atoms with Gasteiger partial charge in [0.15, 0.2) is 0 Å². The minimum atomic E-state index is -3.93. The number of piperidine rings is 1. The first-order valence-corrected chi connectivity index (χ1v) is 17.3. The quantitative estimate of drug-likeness (QED) is 0.303. The number of carbonyl (C=O) groups excluding carboxylic acids is 3. The monoisotopic (exact) mass is 641 g/mol. The molecule has 1 fully saturated rings. The smallest absolute Gasteiger partial charge is 0.410 e. The third kappa shape index (κ3) is 8.51. The molecule has 2 amide bonds. The van der Waals surface area contributed by atoms with Gasteiger partial charge in [0, 0.05) is 33.9 Å². The average Bonchev–Trinajstić information content (AvgIpc) is 3.66. The van der Waals surface area contributed by atoms with Gasteiger partial charge < -0.3 is 19.7 Å². The van der Waals surface area contributed by atoms with Gasteiger partial charge in [0.25, 0.3) is 15.9 Å². The number of amides is 2. The van der Waals surface area contributed by atoms with Gasteiger partial charge in [-0.1, -0.05) is 6.07 Å². The van der Waals surface area contributed by atoms with E-state index in [1.165, 1.54) is 22.3 Å². The van der Waals surface area contributed by atoms with E-state index in [2.05, 4.69) is 16.1 Å². The van der Waals surface area contributed by atoms with Crippen molar-refractivity contribution in [2.45, 2.75) is 62.3 Å². The first-order valence-electron chi connectivity index (χ1n) is 13.3. The Kier molecular flexibility index (Phi) is 10.1. The second kappa shape index (κ2) is 13.2. The van der Waals surface area contributed by atoms with E-state index in [-0.39, 0.29) is 22.8 Å². The molecular weight excluding hydrogens is 607 g/mol. The van der Waals surface area contributed by atoms with Crippen molar-refractivity contribution in [3.05, 3.63) is 39.4 Å². The number of likely N-dealkylation sites (tertiary alicyclic amines) is 1. The molecule has 3 aromatic rings. The highest BCUT2D eigenvalue weighted by atomic mass is 32.2. The number of hydrogen-bond donors (Lipinski definition) is 2. The van der Waals surface area contributed by atoms with Gasteiger partial charge in [-0.3, -0.25) is 9.59 Å². The number of hydrogen-bond acceptors (Lipinski definition) is 10. The number of sulfonamides is 1. The molecule has 1 aliphatic rings. The molecule has 0 aromatic carbocycles. The highest BCUT2D eigenvalue weighted by molar-refractivity contribution is 7.91. The van der Waals surface area contributed by atoms with Crippen LogP contribution in [-0.2, 0) is 30.7 Å². The Morgan fingerprint density at radius 2 is 1.83 bits per heavy atom. The van der Waals surface area contributed by atoms with Crippen LogP contribution in [0.25, 0.3) is 9.40 Å². The number of thiophene rings is 3. The molecule has 224 valence electrons. The number of fused-ring (bicyclic) bond motifs is 1. The first-order chi connectivity index (χ1) is 19.3. The van der Waals surface area contributed by atoms with Crippen LogP contribution in [0.3, 0.4) is 0 Å². The molecule has 1 aliphatic heterocycles. The zero-order chi connectivity index (χ0) is 29.8. The van der Waals surface area contributed by atoms with Crippen LogP contribution >= 0.6 is 34.0 Å². The normalized spacial score (nSPS) is 15.6. The van der Waals surface area contributed by atoms with Crippen molar-refractivity contribution in [1.82, 2.24) is 14.9 Å². The van der Waals surface area contributed by atoms with Gasteiger partial charge in [-0.2, -0.15) is 4.72 Å².